The molecule has 0 spiro atoms. The summed E-state index contributed by atoms with van der Waals surface area (Å²) in [5.74, 6) is 0.393. The Morgan fingerprint density at radius 3 is 1.87 bits per heavy atom. The topological polar surface area (TPSA) is 54.0 Å². The lowest BCUT2D eigenvalue weighted by atomic mass is 9.94. The van der Waals surface area contributed by atoms with Crippen LogP contribution in [0.25, 0.3) is 0 Å². The molecule has 5 heteroatoms. The van der Waals surface area contributed by atoms with Crippen LogP contribution in [0.5, 0.6) is 0 Å². The first kappa shape index (κ1) is 26.8. The average molecular weight is 441 g/mol. The van der Waals surface area contributed by atoms with Gasteiger partial charge in [-0.25, -0.2) is 0 Å². The van der Waals surface area contributed by atoms with Gasteiger partial charge in [-0.15, -0.1) is 0 Å². The maximum Gasteiger partial charge on any atom is 0.158 e. The summed E-state index contributed by atoms with van der Waals surface area (Å²) in [6, 6.07) is 0. The fourth-order valence-corrected chi connectivity index (χ4v) is 4.48. The second kappa shape index (κ2) is 13.9. The number of carbonyl (C=O) groups is 1. The molecule has 0 saturated carbocycles. The molecule has 2 fully saturated rings. The highest BCUT2D eigenvalue weighted by atomic mass is 16.7. The maximum absolute atomic E-state index is 12.3. The van der Waals surface area contributed by atoms with E-state index in [1.165, 1.54) is 12.8 Å². The molecule has 5 nitrogen and oxygen atoms in total. The molecule has 182 valence electrons. The van der Waals surface area contributed by atoms with E-state index in [1.807, 2.05) is 0 Å². The quantitative estimate of drug-likeness (QED) is 0.265. The van der Waals surface area contributed by atoms with Crippen LogP contribution in [0, 0.1) is 0 Å². The largest absolute Gasteiger partial charge is 0.353 e. The summed E-state index contributed by atoms with van der Waals surface area (Å²) >= 11 is 0. The second-order valence-electron chi connectivity index (χ2n) is 10.3. The summed E-state index contributed by atoms with van der Waals surface area (Å²) in [4.78, 5) is 12.3. The molecule has 2 saturated heterocycles. The van der Waals surface area contributed by atoms with E-state index >= 15 is 0 Å². The number of rotatable bonds is 15. The van der Waals surface area contributed by atoms with E-state index in [0.29, 0.717) is 18.6 Å². The molecule has 0 aromatic carbocycles. The molecule has 0 radical (unpaired) electrons. The maximum atomic E-state index is 12.3. The fourth-order valence-electron chi connectivity index (χ4n) is 4.48. The summed E-state index contributed by atoms with van der Waals surface area (Å²) in [6.07, 6.45) is 14.8. The van der Waals surface area contributed by atoms with Gasteiger partial charge in [0, 0.05) is 26.1 Å². The number of hydrogen-bond donors (Lipinski definition) is 0. The van der Waals surface area contributed by atoms with Crippen molar-refractivity contribution in [3.63, 3.8) is 0 Å². The van der Waals surface area contributed by atoms with Crippen LogP contribution in [0.4, 0.5) is 0 Å². The molecule has 0 aliphatic carbocycles. The van der Waals surface area contributed by atoms with E-state index in [1.54, 1.807) is 0 Å². The van der Waals surface area contributed by atoms with Gasteiger partial charge in [0.05, 0.1) is 11.2 Å². The number of unbranched alkanes of at least 4 members (excludes halogenated alkanes) is 2. The molecular formula is C26H48O5. The lowest BCUT2D eigenvalue weighted by Gasteiger charge is -2.35. The number of carbonyl (C=O) groups excluding carboxylic acids is 1. The molecule has 2 heterocycles. The van der Waals surface area contributed by atoms with Gasteiger partial charge < -0.3 is 18.9 Å². The molecule has 0 N–H and O–H groups in total. The SMILES string of the molecule is CCC(C)(CCCCC(=O)CCCCC(C)(C)OC1CCCCO1)OC1CCCCO1. The Morgan fingerprint density at radius 1 is 0.806 bits per heavy atom. The van der Waals surface area contributed by atoms with Crippen molar-refractivity contribution < 1.29 is 23.7 Å². The highest BCUT2D eigenvalue weighted by Gasteiger charge is 2.28. The van der Waals surface area contributed by atoms with Gasteiger partial charge in [0.15, 0.2) is 12.6 Å². The van der Waals surface area contributed by atoms with Crippen LogP contribution >= 0.6 is 0 Å². The number of ether oxygens (including phenoxy) is 4. The monoisotopic (exact) mass is 440 g/mol. The van der Waals surface area contributed by atoms with Gasteiger partial charge in [0.1, 0.15) is 5.78 Å². The van der Waals surface area contributed by atoms with Gasteiger partial charge >= 0.3 is 0 Å². The smallest absolute Gasteiger partial charge is 0.158 e. The predicted molar refractivity (Wildman–Crippen MR) is 124 cm³/mol. The van der Waals surface area contributed by atoms with E-state index in [-0.39, 0.29) is 23.8 Å². The summed E-state index contributed by atoms with van der Waals surface area (Å²) in [7, 11) is 0. The Balaban J connectivity index is 1.52. The van der Waals surface area contributed by atoms with E-state index < -0.39 is 0 Å². The van der Waals surface area contributed by atoms with Crippen molar-refractivity contribution in [3.05, 3.63) is 0 Å². The first-order valence-electron chi connectivity index (χ1n) is 12.9. The Bertz CT molecular complexity index is 494. The van der Waals surface area contributed by atoms with E-state index in [2.05, 4.69) is 27.7 Å². The summed E-state index contributed by atoms with van der Waals surface area (Å²) in [5, 5.41) is 0. The molecule has 0 aromatic rings. The van der Waals surface area contributed by atoms with Gasteiger partial charge in [-0.2, -0.15) is 0 Å². The summed E-state index contributed by atoms with van der Waals surface area (Å²) in [5.41, 5.74) is -0.323. The normalized spacial score (nSPS) is 24.6. The van der Waals surface area contributed by atoms with Crippen LogP contribution in [0.3, 0.4) is 0 Å². The first-order chi connectivity index (χ1) is 14.8. The van der Waals surface area contributed by atoms with Crippen molar-refractivity contribution in [1.82, 2.24) is 0 Å². The fraction of sp³-hybridized carbons (Fsp3) is 0.962. The van der Waals surface area contributed by atoms with Crippen molar-refractivity contribution in [3.8, 4) is 0 Å². The summed E-state index contributed by atoms with van der Waals surface area (Å²) in [6.45, 7) is 10.3. The minimum Gasteiger partial charge on any atom is -0.353 e. The zero-order chi connectivity index (χ0) is 22.6. The minimum absolute atomic E-state index is 0.0433. The molecule has 31 heavy (non-hydrogen) atoms. The van der Waals surface area contributed by atoms with Gasteiger partial charge in [-0.3, -0.25) is 4.79 Å². The van der Waals surface area contributed by atoms with E-state index in [4.69, 9.17) is 18.9 Å². The lowest BCUT2D eigenvalue weighted by Crippen LogP contribution is -2.36. The predicted octanol–water partition coefficient (Wildman–Crippen LogP) is 6.71. The highest BCUT2D eigenvalue weighted by molar-refractivity contribution is 5.78. The molecular weight excluding hydrogens is 392 g/mol. The zero-order valence-corrected chi connectivity index (χ0v) is 20.7. The summed E-state index contributed by atoms with van der Waals surface area (Å²) < 4.78 is 23.9. The Morgan fingerprint density at radius 2 is 1.35 bits per heavy atom. The number of hydrogen-bond acceptors (Lipinski definition) is 5. The lowest BCUT2D eigenvalue weighted by molar-refractivity contribution is -0.223. The zero-order valence-electron chi connectivity index (χ0n) is 20.7. The van der Waals surface area contributed by atoms with Crippen LogP contribution in [0.1, 0.15) is 124 Å². The van der Waals surface area contributed by atoms with Crippen LogP contribution in [0.15, 0.2) is 0 Å². The molecule has 3 atom stereocenters. The first-order valence-corrected chi connectivity index (χ1v) is 12.9. The van der Waals surface area contributed by atoms with Crippen LogP contribution in [-0.4, -0.2) is 42.8 Å². The second-order valence-corrected chi connectivity index (χ2v) is 10.3. The van der Waals surface area contributed by atoms with E-state index in [9.17, 15) is 4.79 Å². The van der Waals surface area contributed by atoms with Gasteiger partial charge in [0.2, 0.25) is 0 Å². The minimum atomic E-state index is -0.183. The van der Waals surface area contributed by atoms with E-state index in [0.717, 1.165) is 83.8 Å². The van der Waals surface area contributed by atoms with Gasteiger partial charge in [0.25, 0.3) is 0 Å². The Labute approximate surface area is 190 Å². The molecule has 0 bridgehead atoms. The standard InChI is InChI=1S/C26H48O5/c1-5-26(4,31-24-17-9-13-21-29-24)19-11-7-15-22(27)14-6-10-18-25(2,3)30-23-16-8-12-20-28-23/h23-24H,5-21H2,1-4H3. The third kappa shape index (κ3) is 11.3. The van der Waals surface area contributed by atoms with Crippen molar-refractivity contribution in [2.45, 2.75) is 148 Å². The Kier molecular flexibility index (Phi) is 12.0. The molecule has 2 aliphatic rings. The number of Topliss-reactive ketones (excluding diaryl/α,β-unsaturated/α-hetero) is 1. The highest BCUT2D eigenvalue weighted by Crippen LogP contribution is 2.29. The van der Waals surface area contributed by atoms with Crippen molar-refractivity contribution in [2.24, 2.45) is 0 Å². The average Bonchev–Trinajstić information content (AvgIpc) is 2.75. The molecule has 2 rings (SSSR count). The molecule has 0 amide bonds. The van der Waals surface area contributed by atoms with Crippen molar-refractivity contribution in [2.75, 3.05) is 13.2 Å². The van der Waals surface area contributed by atoms with Crippen LogP contribution < -0.4 is 0 Å². The third-order valence-electron chi connectivity index (χ3n) is 6.79. The van der Waals surface area contributed by atoms with Crippen molar-refractivity contribution >= 4 is 5.78 Å². The van der Waals surface area contributed by atoms with Crippen LogP contribution in [-0.2, 0) is 23.7 Å². The molecule has 0 aromatic heterocycles. The third-order valence-corrected chi connectivity index (χ3v) is 6.79. The molecule has 3 unspecified atom stereocenters. The number of ketones is 1. The van der Waals surface area contributed by atoms with Crippen molar-refractivity contribution in [1.29, 1.82) is 0 Å². The molecule has 2 aliphatic heterocycles. The van der Waals surface area contributed by atoms with Gasteiger partial charge in [-0.1, -0.05) is 19.8 Å². The Hall–Kier alpha value is -0.490. The van der Waals surface area contributed by atoms with Gasteiger partial charge in [-0.05, 0) is 91.4 Å². The van der Waals surface area contributed by atoms with Crippen LogP contribution in [0.2, 0.25) is 0 Å².